The molecule has 4 N–H and O–H groups in total. The number of aryl methyl sites for hydroxylation is 1. The fourth-order valence-corrected chi connectivity index (χ4v) is 1.96. The van der Waals surface area contributed by atoms with Gasteiger partial charge in [0.05, 0.1) is 0 Å². The maximum Gasteiger partial charge on any atom is 0.170 e. The molecule has 2 aromatic carbocycles. The number of halogens is 1. The molecule has 5 heteroatoms. The summed E-state index contributed by atoms with van der Waals surface area (Å²) in [7, 11) is 0. The number of rotatable bonds is 5. The summed E-state index contributed by atoms with van der Waals surface area (Å²) >= 11 is 0. The summed E-state index contributed by atoms with van der Waals surface area (Å²) in [6.07, 6.45) is 0. The van der Waals surface area contributed by atoms with Crippen molar-refractivity contribution in [3.8, 4) is 0 Å². The van der Waals surface area contributed by atoms with Gasteiger partial charge >= 0.3 is 0 Å². The highest BCUT2D eigenvalue weighted by Gasteiger charge is 2.06. The van der Waals surface area contributed by atoms with Gasteiger partial charge in [-0.05, 0) is 18.6 Å². The van der Waals surface area contributed by atoms with Gasteiger partial charge in [-0.1, -0.05) is 47.1 Å². The van der Waals surface area contributed by atoms with E-state index in [1.165, 1.54) is 11.6 Å². The Hall–Kier alpha value is -2.40. The Labute approximate surface area is 123 Å². The standard InChI is InChI=1S/C16H18FN3O/c1-11-2-4-12(5-3-11)9-19-10-14-7-6-13(8-15(14)17)16(18)20-21/h2-8,19,21H,9-10H2,1H3,(H2,18,20). The molecule has 0 atom stereocenters. The second kappa shape index (κ2) is 6.85. The summed E-state index contributed by atoms with van der Waals surface area (Å²) in [4.78, 5) is 0. The largest absolute Gasteiger partial charge is 0.409 e. The average molecular weight is 287 g/mol. The third kappa shape index (κ3) is 4.03. The number of benzene rings is 2. The van der Waals surface area contributed by atoms with E-state index in [2.05, 4.69) is 10.5 Å². The molecule has 0 aliphatic rings. The lowest BCUT2D eigenvalue weighted by molar-refractivity contribution is 0.318. The van der Waals surface area contributed by atoms with Crippen molar-refractivity contribution in [2.45, 2.75) is 20.0 Å². The van der Waals surface area contributed by atoms with E-state index >= 15 is 0 Å². The highest BCUT2D eigenvalue weighted by atomic mass is 19.1. The molecule has 0 saturated heterocycles. The molecule has 110 valence electrons. The molecule has 0 heterocycles. The zero-order valence-corrected chi connectivity index (χ0v) is 11.8. The lowest BCUT2D eigenvalue weighted by atomic mass is 10.1. The number of nitrogens with one attached hydrogen (secondary N) is 1. The Kier molecular flexibility index (Phi) is 4.90. The van der Waals surface area contributed by atoms with Crippen LogP contribution in [0, 0.1) is 12.7 Å². The summed E-state index contributed by atoms with van der Waals surface area (Å²) in [5, 5.41) is 14.6. The van der Waals surface area contributed by atoms with Gasteiger partial charge in [-0.25, -0.2) is 4.39 Å². The van der Waals surface area contributed by atoms with E-state index in [1.54, 1.807) is 12.1 Å². The molecule has 0 aromatic heterocycles. The van der Waals surface area contributed by atoms with Gasteiger partial charge in [-0.2, -0.15) is 0 Å². The van der Waals surface area contributed by atoms with E-state index in [-0.39, 0.29) is 11.7 Å². The SMILES string of the molecule is Cc1ccc(CNCc2ccc(C(N)=NO)cc2F)cc1. The Bertz CT molecular complexity index is 638. The first-order valence-electron chi connectivity index (χ1n) is 6.62. The van der Waals surface area contributed by atoms with Gasteiger partial charge in [0.25, 0.3) is 0 Å². The molecule has 0 saturated carbocycles. The topological polar surface area (TPSA) is 70.6 Å². The maximum atomic E-state index is 13.9. The van der Waals surface area contributed by atoms with Crippen molar-refractivity contribution < 1.29 is 9.60 Å². The highest BCUT2D eigenvalue weighted by molar-refractivity contribution is 5.97. The third-order valence-electron chi connectivity index (χ3n) is 3.22. The second-order valence-corrected chi connectivity index (χ2v) is 4.88. The van der Waals surface area contributed by atoms with Gasteiger partial charge in [0.2, 0.25) is 0 Å². The zero-order chi connectivity index (χ0) is 15.2. The normalized spacial score (nSPS) is 11.6. The molecule has 0 fully saturated rings. The van der Waals surface area contributed by atoms with Crippen LogP contribution in [0.1, 0.15) is 22.3 Å². The summed E-state index contributed by atoms with van der Waals surface area (Å²) in [6.45, 7) is 3.12. The molecule has 2 rings (SSSR count). The Morgan fingerprint density at radius 2 is 1.90 bits per heavy atom. The molecule has 0 amide bonds. The summed E-state index contributed by atoms with van der Waals surface area (Å²) < 4.78 is 13.9. The van der Waals surface area contributed by atoms with Gasteiger partial charge in [0, 0.05) is 24.2 Å². The molecule has 0 bridgehead atoms. The minimum absolute atomic E-state index is 0.104. The van der Waals surface area contributed by atoms with Crippen LogP contribution < -0.4 is 11.1 Å². The molecule has 21 heavy (non-hydrogen) atoms. The summed E-state index contributed by atoms with van der Waals surface area (Å²) in [5.74, 6) is -0.483. The monoisotopic (exact) mass is 287 g/mol. The van der Waals surface area contributed by atoms with E-state index in [0.29, 0.717) is 24.2 Å². The first-order chi connectivity index (χ1) is 10.1. The number of nitrogens with zero attached hydrogens (tertiary/aromatic N) is 1. The van der Waals surface area contributed by atoms with Gasteiger partial charge < -0.3 is 16.3 Å². The Morgan fingerprint density at radius 3 is 2.52 bits per heavy atom. The number of hydrogen-bond acceptors (Lipinski definition) is 3. The molecular formula is C16H18FN3O. The first-order valence-corrected chi connectivity index (χ1v) is 6.62. The van der Waals surface area contributed by atoms with Crippen LogP contribution in [0.3, 0.4) is 0 Å². The molecule has 0 aliphatic carbocycles. The fourth-order valence-electron chi connectivity index (χ4n) is 1.96. The molecule has 0 spiro atoms. The zero-order valence-electron chi connectivity index (χ0n) is 11.8. The van der Waals surface area contributed by atoms with Crippen LogP contribution in [-0.2, 0) is 13.1 Å². The molecule has 0 radical (unpaired) electrons. The molecular weight excluding hydrogens is 269 g/mol. The lowest BCUT2D eigenvalue weighted by Gasteiger charge is -2.08. The van der Waals surface area contributed by atoms with Crippen molar-refractivity contribution in [1.29, 1.82) is 0 Å². The maximum absolute atomic E-state index is 13.9. The first kappa shape index (κ1) is 15.0. The van der Waals surface area contributed by atoms with Gasteiger partial charge in [-0.3, -0.25) is 0 Å². The molecule has 4 nitrogen and oxygen atoms in total. The second-order valence-electron chi connectivity index (χ2n) is 4.88. The molecule has 0 aliphatic heterocycles. The average Bonchev–Trinajstić information content (AvgIpc) is 2.50. The minimum atomic E-state index is -0.379. The van der Waals surface area contributed by atoms with Crippen LogP contribution in [0.4, 0.5) is 4.39 Å². The quantitative estimate of drug-likeness (QED) is 0.342. The number of hydrogen-bond donors (Lipinski definition) is 3. The summed E-state index contributed by atoms with van der Waals surface area (Å²) in [6, 6.07) is 12.7. The van der Waals surface area contributed by atoms with Gasteiger partial charge in [0.15, 0.2) is 5.84 Å². The van der Waals surface area contributed by atoms with E-state index in [0.717, 1.165) is 5.56 Å². The smallest absolute Gasteiger partial charge is 0.170 e. The van der Waals surface area contributed by atoms with Crippen LogP contribution in [-0.4, -0.2) is 11.0 Å². The van der Waals surface area contributed by atoms with Crippen molar-refractivity contribution >= 4 is 5.84 Å². The van der Waals surface area contributed by atoms with Crippen LogP contribution in [0.2, 0.25) is 0 Å². The lowest BCUT2D eigenvalue weighted by Crippen LogP contribution is -2.16. The van der Waals surface area contributed by atoms with Crippen LogP contribution >= 0.6 is 0 Å². The van der Waals surface area contributed by atoms with Gasteiger partial charge in [0.1, 0.15) is 5.82 Å². The van der Waals surface area contributed by atoms with Crippen molar-refractivity contribution in [2.24, 2.45) is 10.9 Å². The van der Waals surface area contributed by atoms with Crippen LogP contribution in [0.15, 0.2) is 47.6 Å². The van der Waals surface area contributed by atoms with E-state index in [9.17, 15) is 4.39 Å². The van der Waals surface area contributed by atoms with Crippen molar-refractivity contribution in [1.82, 2.24) is 5.32 Å². The predicted molar refractivity (Wildman–Crippen MR) is 80.6 cm³/mol. The number of nitrogens with two attached hydrogens (primary N) is 1. The van der Waals surface area contributed by atoms with Crippen LogP contribution in [0.5, 0.6) is 0 Å². The van der Waals surface area contributed by atoms with Gasteiger partial charge in [-0.15, -0.1) is 0 Å². The van der Waals surface area contributed by atoms with Crippen molar-refractivity contribution in [2.75, 3.05) is 0 Å². The number of amidine groups is 1. The Morgan fingerprint density at radius 1 is 1.19 bits per heavy atom. The van der Waals surface area contributed by atoms with Crippen LogP contribution in [0.25, 0.3) is 0 Å². The highest BCUT2D eigenvalue weighted by Crippen LogP contribution is 2.11. The number of oxime groups is 1. The van der Waals surface area contributed by atoms with E-state index in [4.69, 9.17) is 10.9 Å². The predicted octanol–water partition coefficient (Wildman–Crippen LogP) is 2.52. The molecule has 2 aromatic rings. The van der Waals surface area contributed by atoms with Crippen molar-refractivity contribution in [3.05, 3.63) is 70.5 Å². The van der Waals surface area contributed by atoms with E-state index in [1.807, 2.05) is 31.2 Å². The fraction of sp³-hybridized carbons (Fsp3) is 0.188. The minimum Gasteiger partial charge on any atom is -0.409 e. The van der Waals surface area contributed by atoms with Crippen molar-refractivity contribution in [3.63, 3.8) is 0 Å². The summed E-state index contributed by atoms with van der Waals surface area (Å²) in [5.41, 5.74) is 8.68. The third-order valence-corrected chi connectivity index (χ3v) is 3.22. The molecule has 0 unspecified atom stereocenters. The Balaban J connectivity index is 1.96. The van der Waals surface area contributed by atoms with E-state index < -0.39 is 0 Å².